The van der Waals surface area contributed by atoms with Gasteiger partial charge in [-0.2, -0.15) is 0 Å². The van der Waals surface area contributed by atoms with E-state index in [-0.39, 0.29) is 10.8 Å². The van der Waals surface area contributed by atoms with Gasteiger partial charge in [-0.1, -0.05) is 53.7 Å². The van der Waals surface area contributed by atoms with Crippen molar-refractivity contribution in [3.05, 3.63) is 53.2 Å². The van der Waals surface area contributed by atoms with Gasteiger partial charge in [0.1, 0.15) is 7.05 Å². The van der Waals surface area contributed by atoms with E-state index in [0.29, 0.717) is 0 Å². The molecule has 0 aliphatic rings. The van der Waals surface area contributed by atoms with Crippen LogP contribution in [0, 0.1) is 6.92 Å². The number of hydrogen-bond acceptors (Lipinski definition) is 0. The summed E-state index contributed by atoms with van der Waals surface area (Å²) in [4.78, 5) is 0. The maximum atomic E-state index is 2.40. The van der Waals surface area contributed by atoms with Crippen LogP contribution in [-0.2, 0) is 17.9 Å². The van der Waals surface area contributed by atoms with Crippen LogP contribution in [0.25, 0.3) is 11.3 Å². The molecule has 0 fully saturated rings. The number of rotatable bonds is 6. The van der Waals surface area contributed by atoms with Gasteiger partial charge in [-0.25, -0.2) is 4.57 Å². The predicted molar refractivity (Wildman–Crippen MR) is 109 cm³/mol. The molecule has 136 valence electrons. The molecule has 0 aliphatic carbocycles. The quantitative estimate of drug-likeness (QED) is 0.548. The maximum absolute atomic E-state index is 2.40. The van der Waals surface area contributed by atoms with E-state index < -0.39 is 0 Å². The minimum absolute atomic E-state index is 0.221. The summed E-state index contributed by atoms with van der Waals surface area (Å²) in [7, 11) is 2.17. The first kappa shape index (κ1) is 19.7. The molecule has 0 amide bonds. The third kappa shape index (κ3) is 3.81. The van der Waals surface area contributed by atoms with Crippen molar-refractivity contribution in [1.82, 2.24) is 0 Å². The lowest BCUT2D eigenvalue weighted by atomic mass is 9.77. The molecule has 0 aliphatic heterocycles. The second-order valence-corrected chi connectivity index (χ2v) is 8.45. The number of hydrogen-bond donors (Lipinski definition) is 0. The number of aryl methyl sites for hydroxylation is 2. The summed E-state index contributed by atoms with van der Waals surface area (Å²) in [5.41, 5.74) is 7.35. The first-order valence-corrected chi connectivity index (χ1v) is 9.80. The Bertz CT molecular complexity index is 736. The standard InChI is InChI=1S/C24H36N/c1-9-23(5,6)20-13-15-22(25(8)17-20)21-14-12-19(16-18(21)4)24(7,10-2)11-3/h12-17H,9-11H2,1-8H3/q+1. The van der Waals surface area contributed by atoms with Crippen molar-refractivity contribution in [2.24, 2.45) is 7.05 Å². The largest absolute Gasteiger partial charge is 0.212 e. The van der Waals surface area contributed by atoms with E-state index in [1.54, 1.807) is 0 Å². The van der Waals surface area contributed by atoms with Crippen LogP contribution in [-0.4, -0.2) is 0 Å². The highest BCUT2D eigenvalue weighted by Crippen LogP contribution is 2.34. The van der Waals surface area contributed by atoms with Crippen LogP contribution in [0.3, 0.4) is 0 Å². The summed E-state index contributed by atoms with van der Waals surface area (Å²) in [6, 6.07) is 11.6. The molecule has 0 bridgehead atoms. The number of benzene rings is 1. The van der Waals surface area contributed by atoms with Crippen molar-refractivity contribution in [3.63, 3.8) is 0 Å². The minimum atomic E-state index is 0.221. The van der Waals surface area contributed by atoms with Crippen LogP contribution in [0.4, 0.5) is 0 Å². The molecule has 0 atom stereocenters. The minimum Gasteiger partial charge on any atom is -0.201 e. The smallest absolute Gasteiger partial charge is 0.201 e. The fourth-order valence-electron chi connectivity index (χ4n) is 3.48. The fraction of sp³-hybridized carbons (Fsp3) is 0.542. The van der Waals surface area contributed by atoms with Crippen LogP contribution in [0.1, 0.15) is 77.5 Å². The predicted octanol–water partition coefficient (Wildman–Crippen LogP) is 6.25. The molecule has 0 N–H and O–H groups in total. The summed E-state index contributed by atoms with van der Waals surface area (Å²) >= 11 is 0. The number of aromatic nitrogens is 1. The molecule has 0 saturated carbocycles. The van der Waals surface area contributed by atoms with Crippen molar-refractivity contribution in [1.29, 1.82) is 0 Å². The van der Waals surface area contributed by atoms with Gasteiger partial charge >= 0.3 is 0 Å². The molecule has 1 aromatic heterocycles. The normalized spacial score (nSPS) is 12.5. The van der Waals surface area contributed by atoms with Gasteiger partial charge in [-0.15, -0.1) is 0 Å². The van der Waals surface area contributed by atoms with Gasteiger partial charge in [0.2, 0.25) is 5.69 Å². The summed E-state index contributed by atoms with van der Waals surface area (Å²) in [5, 5.41) is 0. The topological polar surface area (TPSA) is 3.88 Å². The first-order valence-electron chi connectivity index (χ1n) is 9.80. The molecular weight excluding hydrogens is 302 g/mol. The van der Waals surface area contributed by atoms with Gasteiger partial charge in [0.15, 0.2) is 6.20 Å². The summed E-state index contributed by atoms with van der Waals surface area (Å²) in [6.45, 7) is 16.1. The molecule has 2 rings (SSSR count). The van der Waals surface area contributed by atoms with Gasteiger partial charge in [0, 0.05) is 17.2 Å². The second-order valence-electron chi connectivity index (χ2n) is 8.45. The van der Waals surface area contributed by atoms with E-state index in [1.807, 2.05) is 0 Å². The van der Waals surface area contributed by atoms with Crippen molar-refractivity contribution in [2.75, 3.05) is 0 Å². The Kier molecular flexibility index (Phi) is 5.76. The van der Waals surface area contributed by atoms with Crippen molar-refractivity contribution >= 4 is 0 Å². The van der Waals surface area contributed by atoms with Gasteiger partial charge in [-0.3, -0.25) is 0 Å². The second kappa shape index (κ2) is 7.32. The molecule has 1 heteroatoms. The van der Waals surface area contributed by atoms with Crippen molar-refractivity contribution < 1.29 is 4.57 Å². The lowest BCUT2D eigenvalue weighted by Gasteiger charge is -2.28. The highest BCUT2D eigenvalue weighted by atomic mass is 14.9. The van der Waals surface area contributed by atoms with Gasteiger partial charge in [0.05, 0.1) is 0 Å². The Hall–Kier alpha value is -1.63. The maximum Gasteiger partial charge on any atom is 0.212 e. The van der Waals surface area contributed by atoms with E-state index in [9.17, 15) is 0 Å². The number of pyridine rings is 1. The molecule has 1 nitrogen and oxygen atoms in total. The van der Waals surface area contributed by atoms with E-state index in [0.717, 1.165) is 6.42 Å². The Balaban J connectivity index is 2.46. The fourth-order valence-corrected chi connectivity index (χ4v) is 3.48. The Morgan fingerprint density at radius 2 is 1.44 bits per heavy atom. The Labute approximate surface area is 155 Å². The van der Waals surface area contributed by atoms with E-state index in [1.165, 1.54) is 40.8 Å². The third-order valence-corrected chi connectivity index (χ3v) is 6.56. The van der Waals surface area contributed by atoms with E-state index >= 15 is 0 Å². The highest BCUT2D eigenvalue weighted by Gasteiger charge is 2.25. The van der Waals surface area contributed by atoms with Gasteiger partial charge in [0.25, 0.3) is 0 Å². The Morgan fingerprint density at radius 3 is 1.92 bits per heavy atom. The van der Waals surface area contributed by atoms with Crippen LogP contribution in [0.5, 0.6) is 0 Å². The Morgan fingerprint density at radius 1 is 0.840 bits per heavy atom. The van der Waals surface area contributed by atoms with Crippen LogP contribution >= 0.6 is 0 Å². The summed E-state index contributed by atoms with van der Waals surface area (Å²) in [5.74, 6) is 0. The van der Waals surface area contributed by atoms with Crippen LogP contribution in [0.2, 0.25) is 0 Å². The lowest BCUT2D eigenvalue weighted by molar-refractivity contribution is -0.661. The molecule has 25 heavy (non-hydrogen) atoms. The van der Waals surface area contributed by atoms with Crippen LogP contribution in [0.15, 0.2) is 36.5 Å². The van der Waals surface area contributed by atoms with Crippen molar-refractivity contribution in [3.8, 4) is 11.3 Å². The lowest BCUT2D eigenvalue weighted by Crippen LogP contribution is -2.33. The van der Waals surface area contributed by atoms with Gasteiger partial charge in [-0.05, 0) is 60.3 Å². The molecule has 0 radical (unpaired) electrons. The highest BCUT2D eigenvalue weighted by molar-refractivity contribution is 5.62. The SMILES string of the molecule is CCC(C)(C)c1ccc(-c2ccc(C(C)(CC)CC)cc2C)[n+](C)c1. The monoisotopic (exact) mass is 338 g/mol. The number of nitrogens with zero attached hydrogens (tertiary/aromatic N) is 1. The van der Waals surface area contributed by atoms with Gasteiger partial charge < -0.3 is 0 Å². The zero-order valence-electron chi connectivity index (χ0n) is 17.5. The average Bonchev–Trinajstić information content (AvgIpc) is 2.61. The average molecular weight is 339 g/mol. The molecule has 0 unspecified atom stereocenters. The third-order valence-electron chi connectivity index (χ3n) is 6.56. The molecule has 1 heterocycles. The molecule has 0 spiro atoms. The molecule has 0 saturated heterocycles. The zero-order valence-corrected chi connectivity index (χ0v) is 17.5. The van der Waals surface area contributed by atoms with Crippen LogP contribution < -0.4 is 4.57 Å². The van der Waals surface area contributed by atoms with E-state index in [4.69, 9.17) is 0 Å². The zero-order chi connectivity index (χ0) is 18.8. The van der Waals surface area contributed by atoms with Crippen molar-refractivity contribution in [2.45, 2.75) is 78.6 Å². The summed E-state index contributed by atoms with van der Waals surface area (Å²) in [6.07, 6.45) is 5.80. The molecule has 2 aromatic rings. The molecular formula is C24H36N+. The first-order chi connectivity index (χ1) is 11.7. The summed E-state index contributed by atoms with van der Waals surface area (Å²) < 4.78 is 2.29. The van der Waals surface area contributed by atoms with E-state index in [2.05, 4.69) is 96.6 Å². The molecule has 1 aromatic carbocycles.